The van der Waals surface area contributed by atoms with Gasteiger partial charge in [0.2, 0.25) is 0 Å². The number of ether oxygens (including phenoxy) is 2. The van der Waals surface area contributed by atoms with Crippen LogP contribution in [0.5, 0.6) is 5.75 Å². The van der Waals surface area contributed by atoms with Crippen LogP contribution in [0.2, 0.25) is 18.1 Å². The molecule has 5 atom stereocenters. The Morgan fingerprint density at radius 2 is 1.53 bits per heavy atom. The number of hydrogen-bond acceptors (Lipinski definition) is 4. The Morgan fingerprint density at radius 1 is 0.967 bits per heavy atom. The van der Waals surface area contributed by atoms with E-state index in [1.807, 2.05) is 24.3 Å². The summed E-state index contributed by atoms with van der Waals surface area (Å²) in [6.07, 6.45) is 1.08. The Labute approximate surface area is 186 Å². The fourth-order valence-corrected chi connectivity index (χ4v) is 5.01. The molecular weight excluding hydrogens is 392 g/mol. The maximum absolute atomic E-state index is 9.93. The largest absolute Gasteiger partial charge is 0.497 e. The summed E-state index contributed by atoms with van der Waals surface area (Å²) in [5.74, 6) is 1.47. The first kappa shape index (κ1) is 27.2. The van der Waals surface area contributed by atoms with Crippen LogP contribution in [0.3, 0.4) is 0 Å². The molecule has 1 aromatic rings. The zero-order valence-corrected chi connectivity index (χ0v) is 22.0. The van der Waals surface area contributed by atoms with Crippen LogP contribution >= 0.6 is 0 Å². The molecule has 0 unspecified atom stereocenters. The molecule has 0 radical (unpaired) electrons. The van der Waals surface area contributed by atoms with Crippen LogP contribution in [0.25, 0.3) is 0 Å². The number of aliphatic hydroxyl groups is 1. The lowest BCUT2D eigenvalue weighted by Gasteiger charge is -2.45. The summed E-state index contributed by atoms with van der Waals surface area (Å²) < 4.78 is 18.6. The number of benzene rings is 1. The minimum atomic E-state index is -1.93. The lowest BCUT2D eigenvalue weighted by Crippen LogP contribution is -2.50. The van der Waals surface area contributed by atoms with Crippen molar-refractivity contribution in [3.63, 3.8) is 0 Å². The third kappa shape index (κ3) is 7.36. The molecule has 0 aliphatic carbocycles. The van der Waals surface area contributed by atoms with E-state index in [2.05, 4.69) is 61.6 Å². The zero-order valence-electron chi connectivity index (χ0n) is 21.0. The molecule has 0 amide bonds. The van der Waals surface area contributed by atoms with Gasteiger partial charge in [0.05, 0.1) is 25.9 Å². The zero-order chi connectivity index (χ0) is 23.1. The molecule has 0 spiro atoms. The fraction of sp³-hybridized carbons (Fsp3) is 0.760. The maximum atomic E-state index is 9.93. The molecule has 0 saturated carbocycles. The van der Waals surface area contributed by atoms with Crippen molar-refractivity contribution in [1.82, 2.24) is 0 Å². The second-order valence-electron chi connectivity index (χ2n) is 10.4. The van der Waals surface area contributed by atoms with Gasteiger partial charge >= 0.3 is 0 Å². The summed E-state index contributed by atoms with van der Waals surface area (Å²) in [6, 6.07) is 7.97. The van der Waals surface area contributed by atoms with E-state index in [-0.39, 0.29) is 35.7 Å². The van der Waals surface area contributed by atoms with Gasteiger partial charge in [-0.2, -0.15) is 0 Å². The van der Waals surface area contributed by atoms with E-state index >= 15 is 0 Å². The Bertz CT molecular complexity index is 609. The SMILES string of the molecule is CC[C@H](C)[C@@H](O[Si](C)(C)C(C)(C)C)[C@H](C)[C@H](OCc1ccc(OC)cc1)[C@H](C)CO. The molecule has 0 aliphatic heterocycles. The second kappa shape index (κ2) is 11.7. The third-order valence-electron chi connectivity index (χ3n) is 6.93. The molecular formula is C25H46O4Si. The lowest BCUT2D eigenvalue weighted by atomic mass is 9.83. The van der Waals surface area contributed by atoms with E-state index in [1.54, 1.807) is 7.11 Å². The van der Waals surface area contributed by atoms with Crippen LogP contribution in [0.15, 0.2) is 24.3 Å². The van der Waals surface area contributed by atoms with Gasteiger partial charge in [-0.1, -0.05) is 67.0 Å². The molecule has 1 aromatic carbocycles. The summed E-state index contributed by atoms with van der Waals surface area (Å²) in [5.41, 5.74) is 1.10. The van der Waals surface area contributed by atoms with E-state index in [0.717, 1.165) is 17.7 Å². The van der Waals surface area contributed by atoms with Crippen molar-refractivity contribution in [2.45, 2.75) is 91.8 Å². The van der Waals surface area contributed by atoms with Gasteiger partial charge < -0.3 is 19.0 Å². The van der Waals surface area contributed by atoms with Gasteiger partial charge in [-0.25, -0.2) is 0 Å². The Morgan fingerprint density at radius 3 is 1.97 bits per heavy atom. The van der Waals surface area contributed by atoms with E-state index in [4.69, 9.17) is 13.9 Å². The van der Waals surface area contributed by atoms with E-state index < -0.39 is 8.32 Å². The predicted molar refractivity (Wildman–Crippen MR) is 129 cm³/mol. The first-order valence-electron chi connectivity index (χ1n) is 11.4. The number of aliphatic hydroxyl groups excluding tert-OH is 1. The number of rotatable bonds is 12. The van der Waals surface area contributed by atoms with Crippen LogP contribution in [-0.2, 0) is 15.8 Å². The third-order valence-corrected chi connectivity index (χ3v) is 11.4. The normalized spacial score (nSPS) is 17.8. The van der Waals surface area contributed by atoms with E-state index in [0.29, 0.717) is 12.5 Å². The van der Waals surface area contributed by atoms with Gasteiger partial charge in [-0.05, 0) is 41.7 Å². The number of methoxy groups -OCH3 is 1. The van der Waals surface area contributed by atoms with Gasteiger partial charge in [0.25, 0.3) is 0 Å². The minimum absolute atomic E-state index is 0.0350. The van der Waals surface area contributed by atoms with Gasteiger partial charge in [0.15, 0.2) is 8.32 Å². The second-order valence-corrected chi connectivity index (χ2v) is 15.1. The Balaban J connectivity index is 3.06. The molecule has 5 heteroatoms. The number of hydrogen-bond donors (Lipinski definition) is 1. The average Bonchev–Trinajstić information content (AvgIpc) is 2.70. The van der Waals surface area contributed by atoms with Crippen molar-refractivity contribution in [3.05, 3.63) is 29.8 Å². The monoisotopic (exact) mass is 438 g/mol. The maximum Gasteiger partial charge on any atom is 0.192 e. The highest BCUT2D eigenvalue weighted by Gasteiger charge is 2.43. The molecule has 0 saturated heterocycles. The molecule has 174 valence electrons. The first-order chi connectivity index (χ1) is 13.9. The molecule has 0 aliphatic rings. The highest BCUT2D eigenvalue weighted by molar-refractivity contribution is 6.74. The van der Waals surface area contributed by atoms with Gasteiger partial charge in [0.1, 0.15) is 5.75 Å². The predicted octanol–water partition coefficient (Wildman–Crippen LogP) is 6.28. The molecule has 4 nitrogen and oxygen atoms in total. The summed E-state index contributed by atoms with van der Waals surface area (Å²) >= 11 is 0. The van der Waals surface area contributed by atoms with Crippen LogP contribution in [0.4, 0.5) is 0 Å². The summed E-state index contributed by atoms with van der Waals surface area (Å²) in [6.45, 7) is 20.9. The summed E-state index contributed by atoms with van der Waals surface area (Å²) in [5, 5.41) is 10.1. The molecule has 30 heavy (non-hydrogen) atoms. The Hall–Kier alpha value is -0.883. The molecule has 0 bridgehead atoms. The average molecular weight is 439 g/mol. The van der Waals surface area contributed by atoms with Crippen molar-refractivity contribution in [1.29, 1.82) is 0 Å². The standard InChI is InChI=1S/C25H46O4Si/c1-11-18(2)24(29-30(9,10)25(5,6)7)20(4)23(19(3)16-26)28-17-21-12-14-22(27-8)15-13-21/h12-15,18-20,23-24,26H,11,16-17H2,1-10H3/t18-,19+,20+,23+,24+/m0/s1. The molecule has 0 fully saturated rings. The van der Waals surface area contributed by atoms with Gasteiger partial charge in [-0.3, -0.25) is 0 Å². The van der Waals surface area contributed by atoms with Crippen LogP contribution < -0.4 is 4.74 Å². The topological polar surface area (TPSA) is 47.9 Å². The van der Waals surface area contributed by atoms with Gasteiger partial charge in [0, 0.05) is 18.4 Å². The summed E-state index contributed by atoms with van der Waals surface area (Å²) in [7, 11) is -0.260. The van der Waals surface area contributed by atoms with Crippen molar-refractivity contribution in [2.24, 2.45) is 17.8 Å². The quantitative estimate of drug-likeness (QED) is 0.390. The van der Waals surface area contributed by atoms with E-state index in [1.165, 1.54) is 0 Å². The van der Waals surface area contributed by atoms with Crippen LogP contribution in [0.1, 0.15) is 60.5 Å². The van der Waals surface area contributed by atoms with Crippen molar-refractivity contribution in [2.75, 3.05) is 13.7 Å². The van der Waals surface area contributed by atoms with Crippen molar-refractivity contribution >= 4 is 8.32 Å². The fourth-order valence-electron chi connectivity index (χ4n) is 3.53. The molecule has 1 N–H and O–H groups in total. The van der Waals surface area contributed by atoms with Crippen molar-refractivity contribution < 1.29 is 19.0 Å². The minimum Gasteiger partial charge on any atom is -0.497 e. The highest BCUT2D eigenvalue weighted by Crippen LogP contribution is 2.40. The first-order valence-corrected chi connectivity index (χ1v) is 14.3. The van der Waals surface area contributed by atoms with Crippen molar-refractivity contribution in [3.8, 4) is 5.75 Å². The summed E-state index contributed by atoms with van der Waals surface area (Å²) in [4.78, 5) is 0. The van der Waals surface area contributed by atoms with Crippen LogP contribution in [0, 0.1) is 17.8 Å². The molecule has 0 aromatic heterocycles. The van der Waals surface area contributed by atoms with E-state index in [9.17, 15) is 5.11 Å². The van der Waals surface area contributed by atoms with Crippen LogP contribution in [-0.4, -0.2) is 39.3 Å². The Kier molecular flexibility index (Phi) is 10.5. The highest BCUT2D eigenvalue weighted by atomic mass is 28.4. The molecule has 1 rings (SSSR count). The van der Waals surface area contributed by atoms with Gasteiger partial charge in [-0.15, -0.1) is 0 Å². The lowest BCUT2D eigenvalue weighted by molar-refractivity contribution is -0.0817. The molecule has 0 heterocycles. The smallest absolute Gasteiger partial charge is 0.192 e.